The SMILES string of the molecule is COc1cccc(-c2cnc3c(NC(C)=O)cc(-c4cccc(C(=O)N(C)C)c4)cn23)c1. The van der Waals surface area contributed by atoms with E-state index in [0.717, 1.165) is 28.1 Å². The predicted molar refractivity (Wildman–Crippen MR) is 125 cm³/mol. The van der Waals surface area contributed by atoms with Crippen molar-refractivity contribution in [1.82, 2.24) is 14.3 Å². The third-order valence-corrected chi connectivity index (χ3v) is 5.13. The van der Waals surface area contributed by atoms with Crippen molar-refractivity contribution in [2.75, 3.05) is 26.5 Å². The van der Waals surface area contributed by atoms with Crippen LogP contribution in [0.25, 0.3) is 28.0 Å². The number of benzene rings is 2. The highest BCUT2D eigenvalue weighted by atomic mass is 16.5. The normalized spacial score (nSPS) is 10.8. The molecule has 1 N–H and O–H groups in total. The summed E-state index contributed by atoms with van der Waals surface area (Å²) in [6.45, 7) is 1.46. The lowest BCUT2D eigenvalue weighted by Crippen LogP contribution is -2.21. The van der Waals surface area contributed by atoms with Gasteiger partial charge < -0.3 is 15.0 Å². The molecule has 0 aliphatic rings. The Labute approximate surface area is 186 Å². The second kappa shape index (κ2) is 8.55. The molecule has 7 heteroatoms. The lowest BCUT2D eigenvalue weighted by molar-refractivity contribution is -0.114. The van der Waals surface area contributed by atoms with Gasteiger partial charge in [0.1, 0.15) is 5.75 Å². The Kier molecular flexibility index (Phi) is 5.64. The quantitative estimate of drug-likeness (QED) is 0.513. The fourth-order valence-electron chi connectivity index (χ4n) is 3.61. The van der Waals surface area contributed by atoms with Gasteiger partial charge in [-0.3, -0.25) is 14.0 Å². The van der Waals surface area contributed by atoms with Crippen LogP contribution in [0.4, 0.5) is 5.69 Å². The zero-order chi connectivity index (χ0) is 22.8. The number of methoxy groups -OCH3 is 1. The molecule has 0 atom stereocenters. The first kappa shape index (κ1) is 21.1. The Bertz CT molecular complexity index is 1320. The molecule has 2 amide bonds. The first-order valence-corrected chi connectivity index (χ1v) is 10.1. The number of pyridine rings is 1. The van der Waals surface area contributed by atoms with Crippen molar-refractivity contribution >= 4 is 23.1 Å². The van der Waals surface area contributed by atoms with Gasteiger partial charge in [-0.15, -0.1) is 0 Å². The molecule has 0 radical (unpaired) electrons. The first-order chi connectivity index (χ1) is 15.4. The van der Waals surface area contributed by atoms with E-state index in [0.29, 0.717) is 16.9 Å². The van der Waals surface area contributed by atoms with E-state index in [4.69, 9.17) is 4.74 Å². The largest absolute Gasteiger partial charge is 0.497 e. The van der Waals surface area contributed by atoms with Crippen molar-refractivity contribution < 1.29 is 14.3 Å². The van der Waals surface area contributed by atoms with E-state index >= 15 is 0 Å². The minimum Gasteiger partial charge on any atom is -0.497 e. The maximum atomic E-state index is 12.5. The summed E-state index contributed by atoms with van der Waals surface area (Å²) in [5.41, 5.74) is 5.29. The van der Waals surface area contributed by atoms with Gasteiger partial charge in [-0.25, -0.2) is 4.98 Å². The van der Waals surface area contributed by atoms with Crippen molar-refractivity contribution in [2.45, 2.75) is 6.92 Å². The molecule has 0 unspecified atom stereocenters. The van der Waals surface area contributed by atoms with E-state index in [9.17, 15) is 9.59 Å². The van der Waals surface area contributed by atoms with Crippen molar-refractivity contribution in [3.63, 3.8) is 0 Å². The molecule has 0 aliphatic heterocycles. The molecule has 7 nitrogen and oxygen atoms in total. The molecule has 2 aromatic heterocycles. The minimum absolute atomic E-state index is 0.0743. The molecule has 0 bridgehead atoms. The molecule has 32 heavy (non-hydrogen) atoms. The number of carbonyl (C=O) groups is 2. The summed E-state index contributed by atoms with van der Waals surface area (Å²) < 4.78 is 7.31. The first-order valence-electron chi connectivity index (χ1n) is 10.1. The van der Waals surface area contributed by atoms with Crippen LogP contribution in [0.2, 0.25) is 0 Å². The number of fused-ring (bicyclic) bond motifs is 1. The van der Waals surface area contributed by atoms with E-state index in [1.165, 1.54) is 6.92 Å². The molecule has 2 heterocycles. The van der Waals surface area contributed by atoms with E-state index in [1.807, 2.05) is 59.1 Å². The van der Waals surface area contributed by atoms with Gasteiger partial charge >= 0.3 is 0 Å². The van der Waals surface area contributed by atoms with Crippen molar-refractivity contribution in [1.29, 1.82) is 0 Å². The summed E-state index contributed by atoms with van der Waals surface area (Å²) in [6, 6.07) is 17.0. The lowest BCUT2D eigenvalue weighted by Gasteiger charge is -2.13. The maximum Gasteiger partial charge on any atom is 0.253 e. The Hall–Kier alpha value is -4.13. The maximum absolute atomic E-state index is 12.5. The van der Waals surface area contributed by atoms with Gasteiger partial charge in [-0.05, 0) is 35.9 Å². The van der Waals surface area contributed by atoms with Gasteiger partial charge in [0.25, 0.3) is 5.91 Å². The van der Waals surface area contributed by atoms with Crippen LogP contribution in [0.15, 0.2) is 67.0 Å². The molecular formula is C25H24N4O3. The highest BCUT2D eigenvalue weighted by Crippen LogP contribution is 2.31. The molecule has 4 rings (SSSR count). The topological polar surface area (TPSA) is 75.9 Å². The minimum atomic E-state index is -0.188. The summed E-state index contributed by atoms with van der Waals surface area (Å²) in [5, 5.41) is 2.88. The van der Waals surface area contributed by atoms with Gasteiger partial charge in [-0.2, -0.15) is 0 Å². The van der Waals surface area contributed by atoms with Gasteiger partial charge in [0.2, 0.25) is 5.91 Å². The average molecular weight is 428 g/mol. The summed E-state index contributed by atoms with van der Waals surface area (Å²) in [4.78, 5) is 30.4. The molecule has 0 fully saturated rings. The van der Waals surface area contributed by atoms with Crippen LogP contribution in [0.5, 0.6) is 5.75 Å². The number of amides is 2. The summed E-state index contributed by atoms with van der Waals surface area (Å²) >= 11 is 0. The molecule has 4 aromatic rings. The van der Waals surface area contributed by atoms with Crippen LogP contribution in [0.1, 0.15) is 17.3 Å². The predicted octanol–water partition coefficient (Wildman–Crippen LogP) is 4.34. The number of hydrogen-bond donors (Lipinski definition) is 1. The molecule has 2 aromatic carbocycles. The van der Waals surface area contributed by atoms with Gasteiger partial charge in [0.15, 0.2) is 5.65 Å². The van der Waals surface area contributed by atoms with Gasteiger partial charge in [0.05, 0.1) is 24.7 Å². The zero-order valence-electron chi connectivity index (χ0n) is 18.4. The van der Waals surface area contributed by atoms with E-state index in [2.05, 4.69) is 10.3 Å². The fourth-order valence-corrected chi connectivity index (χ4v) is 3.61. The number of ether oxygens (including phenoxy) is 1. The van der Waals surface area contributed by atoms with Crippen LogP contribution < -0.4 is 10.1 Å². The van der Waals surface area contributed by atoms with Crippen molar-refractivity contribution in [2.24, 2.45) is 0 Å². The van der Waals surface area contributed by atoms with E-state index in [-0.39, 0.29) is 11.8 Å². The van der Waals surface area contributed by atoms with Crippen LogP contribution >= 0.6 is 0 Å². The fraction of sp³-hybridized carbons (Fsp3) is 0.160. The number of hydrogen-bond acceptors (Lipinski definition) is 4. The number of nitrogens with one attached hydrogen (secondary N) is 1. The van der Waals surface area contributed by atoms with E-state index in [1.54, 1.807) is 38.4 Å². The van der Waals surface area contributed by atoms with Crippen LogP contribution in [0, 0.1) is 0 Å². The second-order valence-corrected chi connectivity index (χ2v) is 7.67. The van der Waals surface area contributed by atoms with Crippen LogP contribution in [-0.2, 0) is 4.79 Å². The number of nitrogens with zero attached hydrogens (tertiary/aromatic N) is 3. The number of anilines is 1. The lowest BCUT2D eigenvalue weighted by atomic mass is 10.0. The number of rotatable bonds is 5. The molecule has 0 aliphatic carbocycles. The Morgan fingerprint density at radius 3 is 2.47 bits per heavy atom. The molecule has 0 saturated heterocycles. The smallest absolute Gasteiger partial charge is 0.253 e. The highest BCUT2D eigenvalue weighted by Gasteiger charge is 2.15. The summed E-state index contributed by atoms with van der Waals surface area (Å²) in [6.07, 6.45) is 3.73. The number of carbonyl (C=O) groups excluding carboxylic acids is 2. The van der Waals surface area contributed by atoms with Crippen LogP contribution in [-0.4, -0.2) is 47.3 Å². The standard InChI is InChI=1S/C25H24N4O3/c1-16(30)27-22-13-20(17-7-5-9-19(11-17)25(31)28(2)3)15-29-23(14-26-24(22)29)18-8-6-10-21(12-18)32-4/h5-15H,1-4H3,(H,27,30). The third kappa shape index (κ3) is 4.05. The molecule has 0 saturated carbocycles. The molecule has 162 valence electrons. The number of imidazole rings is 1. The van der Waals surface area contributed by atoms with Gasteiger partial charge in [0, 0.05) is 43.9 Å². The monoisotopic (exact) mass is 428 g/mol. The van der Waals surface area contributed by atoms with Crippen molar-refractivity contribution in [3.8, 4) is 28.1 Å². The number of aromatic nitrogens is 2. The Balaban J connectivity index is 1.91. The molecule has 0 spiro atoms. The summed E-state index contributed by atoms with van der Waals surface area (Å²) in [7, 11) is 5.08. The Morgan fingerprint density at radius 2 is 1.75 bits per heavy atom. The highest BCUT2D eigenvalue weighted by molar-refractivity contribution is 5.96. The van der Waals surface area contributed by atoms with Gasteiger partial charge in [-0.1, -0.05) is 24.3 Å². The second-order valence-electron chi connectivity index (χ2n) is 7.67. The molecular weight excluding hydrogens is 404 g/mol. The zero-order valence-corrected chi connectivity index (χ0v) is 18.4. The Morgan fingerprint density at radius 1 is 1.00 bits per heavy atom. The van der Waals surface area contributed by atoms with Crippen molar-refractivity contribution in [3.05, 3.63) is 72.6 Å². The summed E-state index contributed by atoms with van der Waals surface area (Å²) in [5.74, 6) is 0.479. The van der Waals surface area contributed by atoms with E-state index < -0.39 is 0 Å². The third-order valence-electron chi connectivity index (χ3n) is 5.13. The average Bonchev–Trinajstić information content (AvgIpc) is 3.22. The van der Waals surface area contributed by atoms with Crippen LogP contribution in [0.3, 0.4) is 0 Å².